The van der Waals surface area contributed by atoms with E-state index in [9.17, 15) is 14.7 Å². The SMILES string of the molecule is Cl.NC(=O)C1CCN(Cc2ccc3[nH]c(-c4ccc(O)c5c4C(=O)NC5)cc3c2)CC1. The minimum atomic E-state index is -0.190. The molecule has 2 aliphatic heterocycles. The van der Waals surface area contributed by atoms with Gasteiger partial charge in [0.25, 0.3) is 5.91 Å². The summed E-state index contributed by atoms with van der Waals surface area (Å²) in [5, 5.41) is 13.9. The third-order valence-electron chi connectivity index (χ3n) is 6.31. The lowest BCUT2D eigenvalue weighted by atomic mass is 9.96. The number of phenolic OH excluding ortho intramolecular Hbond substituents is 1. The summed E-state index contributed by atoms with van der Waals surface area (Å²) in [5.74, 6) is -0.203. The molecular weight excluding hydrogens is 416 g/mol. The molecule has 0 radical (unpaired) electrons. The number of fused-ring (bicyclic) bond motifs is 2. The Morgan fingerprint density at radius 3 is 2.68 bits per heavy atom. The molecule has 1 aromatic heterocycles. The van der Waals surface area contributed by atoms with Gasteiger partial charge in [-0.3, -0.25) is 14.5 Å². The van der Waals surface area contributed by atoms with Gasteiger partial charge in [-0.2, -0.15) is 0 Å². The summed E-state index contributed by atoms with van der Waals surface area (Å²) >= 11 is 0. The smallest absolute Gasteiger partial charge is 0.252 e. The molecule has 5 rings (SSSR count). The molecule has 2 amide bonds. The fraction of sp³-hybridized carbons (Fsp3) is 0.304. The topological polar surface area (TPSA) is 111 Å². The number of halogens is 1. The zero-order chi connectivity index (χ0) is 20.8. The number of nitrogens with two attached hydrogens (primary N) is 1. The van der Waals surface area contributed by atoms with Crippen molar-refractivity contribution < 1.29 is 14.7 Å². The number of H-pyrrole nitrogens is 1. The summed E-state index contributed by atoms with van der Waals surface area (Å²) in [6.45, 7) is 2.93. The predicted octanol–water partition coefficient (Wildman–Crippen LogP) is 2.90. The number of amides is 2. The van der Waals surface area contributed by atoms with Crippen molar-refractivity contribution in [3.05, 3.63) is 53.1 Å². The van der Waals surface area contributed by atoms with Crippen LogP contribution in [0.25, 0.3) is 22.2 Å². The number of carbonyl (C=O) groups excluding carboxylic acids is 2. The lowest BCUT2D eigenvalue weighted by molar-refractivity contribution is -0.123. The van der Waals surface area contributed by atoms with Crippen LogP contribution in [0, 0.1) is 5.92 Å². The van der Waals surface area contributed by atoms with E-state index in [0.717, 1.165) is 54.6 Å². The number of likely N-dealkylation sites (tertiary alicyclic amines) is 1. The minimum Gasteiger partial charge on any atom is -0.508 e. The van der Waals surface area contributed by atoms with Gasteiger partial charge in [-0.15, -0.1) is 12.4 Å². The molecule has 2 aliphatic rings. The van der Waals surface area contributed by atoms with Crippen molar-refractivity contribution in [1.82, 2.24) is 15.2 Å². The van der Waals surface area contributed by atoms with Gasteiger partial charge in [-0.05, 0) is 61.8 Å². The number of primary amides is 1. The van der Waals surface area contributed by atoms with Crippen molar-refractivity contribution in [1.29, 1.82) is 0 Å². The Labute approximate surface area is 186 Å². The monoisotopic (exact) mass is 440 g/mol. The highest BCUT2D eigenvalue weighted by Crippen LogP contribution is 2.35. The lowest BCUT2D eigenvalue weighted by Crippen LogP contribution is -2.38. The van der Waals surface area contributed by atoms with Crippen molar-refractivity contribution >= 4 is 35.1 Å². The molecule has 162 valence electrons. The Kier molecular flexibility index (Phi) is 5.64. The second kappa shape index (κ2) is 8.24. The molecule has 7 nitrogen and oxygen atoms in total. The van der Waals surface area contributed by atoms with Crippen LogP contribution in [0.2, 0.25) is 0 Å². The predicted molar refractivity (Wildman–Crippen MR) is 121 cm³/mol. The Morgan fingerprint density at radius 1 is 1.16 bits per heavy atom. The van der Waals surface area contributed by atoms with E-state index in [1.54, 1.807) is 12.1 Å². The second-order valence-corrected chi connectivity index (χ2v) is 8.23. The number of hydrogen-bond donors (Lipinski definition) is 4. The molecule has 31 heavy (non-hydrogen) atoms. The largest absolute Gasteiger partial charge is 0.508 e. The van der Waals surface area contributed by atoms with Gasteiger partial charge in [0.05, 0.1) is 5.56 Å². The number of carbonyl (C=O) groups is 2. The van der Waals surface area contributed by atoms with Gasteiger partial charge in [0.15, 0.2) is 0 Å². The average Bonchev–Trinajstić information content (AvgIpc) is 3.33. The van der Waals surface area contributed by atoms with Gasteiger partial charge in [0, 0.05) is 46.7 Å². The first-order valence-electron chi connectivity index (χ1n) is 10.3. The van der Waals surface area contributed by atoms with Crippen LogP contribution < -0.4 is 11.1 Å². The van der Waals surface area contributed by atoms with Crippen LogP contribution in [0.3, 0.4) is 0 Å². The first-order chi connectivity index (χ1) is 14.5. The average molecular weight is 441 g/mol. The first kappa shape index (κ1) is 21.2. The van der Waals surface area contributed by atoms with Crippen molar-refractivity contribution in [3.8, 4) is 17.0 Å². The number of phenols is 1. The molecule has 0 aliphatic carbocycles. The standard InChI is InChI=1S/C23H24N4O3.ClH/c24-22(29)14-5-7-27(8-6-14)12-13-1-3-18-15(9-13)10-19(26-18)16-2-4-20(28)17-11-25-23(30)21(16)17;/h1-4,9-10,14,26,28H,5-8,11-12H2,(H2,24,29)(H,25,30);1H. The minimum absolute atomic E-state index is 0. The number of hydrogen-bond acceptors (Lipinski definition) is 4. The number of piperidine rings is 1. The number of aromatic nitrogens is 1. The van der Waals surface area contributed by atoms with Crippen molar-refractivity contribution in [2.45, 2.75) is 25.9 Å². The summed E-state index contributed by atoms with van der Waals surface area (Å²) in [6, 6.07) is 11.8. The lowest BCUT2D eigenvalue weighted by Gasteiger charge is -2.30. The summed E-state index contributed by atoms with van der Waals surface area (Å²) in [6.07, 6.45) is 1.64. The van der Waals surface area contributed by atoms with Crippen LogP contribution in [-0.2, 0) is 17.9 Å². The van der Waals surface area contributed by atoms with Gasteiger partial charge < -0.3 is 21.1 Å². The summed E-state index contributed by atoms with van der Waals surface area (Å²) in [7, 11) is 0. The summed E-state index contributed by atoms with van der Waals surface area (Å²) in [5.41, 5.74) is 10.5. The van der Waals surface area contributed by atoms with E-state index in [1.807, 2.05) is 0 Å². The molecule has 1 saturated heterocycles. The van der Waals surface area contributed by atoms with E-state index >= 15 is 0 Å². The Hall–Kier alpha value is -3.03. The van der Waals surface area contributed by atoms with E-state index in [-0.39, 0.29) is 35.9 Å². The zero-order valence-corrected chi connectivity index (χ0v) is 17.8. The van der Waals surface area contributed by atoms with E-state index in [0.29, 0.717) is 17.7 Å². The van der Waals surface area contributed by atoms with Crippen LogP contribution in [0.1, 0.15) is 34.3 Å². The number of nitrogens with one attached hydrogen (secondary N) is 2. The van der Waals surface area contributed by atoms with Crippen molar-refractivity contribution in [3.63, 3.8) is 0 Å². The quantitative estimate of drug-likeness (QED) is 0.499. The molecule has 2 aromatic carbocycles. The number of aromatic hydroxyl groups is 1. The molecule has 0 saturated carbocycles. The molecule has 3 aromatic rings. The van der Waals surface area contributed by atoms with Crippen LogP contribution in [0.4, 0.5) is 0 Å². The number of rotatable bonds is 4. The Bertz CT molecular complexity index is 1170. The Morgan fingerprint density at radius 2 is 1.94 bits per heavy atom. The maximum atomic E-state index is 12.3. The summed E-state index contributed by atoms with van der Waals surface area (Å²) in [4.78, 5) is 29.4. The molecular formula is C23H25ClN4O3. The van der Waals surface area contributed by atoms with E-state index in [4.69, 9.17) is 5.73 Å². The highest BCUT2D eigenvalue weighted by atomic mass is 35.5. The molecule has 1 fully saturated rings. The molecule has 0 spiro atoms. The third-order valence-corrected chi connectivity index (χ3v) is 6.31. The van der Waals surface area contributed by atoms with Gasteiger partial charge in [-0.1, -0.05) is 6.07 Å². The third kappa shape index (κ3) is 3.86. The van der Waals surface area contributed by atoms with Crippen molar-refractivity contribution in [2.24, 2.45) is 11.7 Å². The zero-order valence-electron chi connectivity index (χ0n) is 17.0. The highest BCUT2D eigenvalue weighted by Gasteiger charge is 2.27. The molecule has 3 heterocycles. The van der Waals surface area contributed by atoms with Crippen LogP contribution in [-0.4, -0.2) is 39.9 Å². The van der Waals surface area contributed by atoms with Gasteiger partial charge in [0.2, 0.25) is 5.91 Å². The molecule has 0 unspecified atom stereocenters. The van der Waals surface area contributed by atoms with Crippen LogP contribution >= 0.6 is 12.4 Å². The fourth-order valence-electron chi connectivity index (χ4n) is 4.62. The molecule has 8 heteroatoms. The highest BCUT2D eigenvalue weighted by molar-refractivity contribution is 6.05. The fourth-order valence-corrected chi connectivity index (χ4v) is 4.62. The number of aromatic amines is 1. The van der Waals surface area contributed by atoms with Gasteiger partial charge in [0.1, 0.15) is 5.75 Å². The molecule has 0 atom stereocenters. The van der Waals surface area contributed by atoms with E-state index in [2.05, 4.69) is 39.5 Å². The van der Waals surface area contributed by atoms with E-state index < -0.39 is 0 Å². The molecule has 5 N–H and O–H groups in total. The first-order valence-corrected chi connectivity index (χ1v) is 10.3. The summed E-state index contributed by atoms with van der Waals surface area (Å²) < 4.78 is 0. The maximum absolute atomic E-state index is 12.3. The van der Waals surface area contributed by atoms with Crippen LogP contribution in [0.15, 0.2) is 36.4 Å². The van der Waals surface area contributed by atoms with Gasteiger partial charge in [-0.25, -0.2) is 0 Å². The Balaban J connectivity index is 0.00000231. The normalized spacial score (nSPS) is 16.7. The van der Waals surface area contributed by atoms with Gasteiger partial charge >= 0.3 is 0 Å². The number of nitrogens with zero attached hydrogens (tertiary/aromatic N) is 1. The van der Waals surface area contributed by atoms with Crippen molar-refractivity contribution in [2.75, 3.05) is 13.1 Å². The van der Waals surface area contributed by atoms with Crippen LogP contribution in [0.5, 0.6) is 5.75 Å². The number of benzene rings is 2. The molecule has 0 bridgehead atoms. The van der Waals surface area contributed by atoms with E-state index in [1.165, 1.54) is 5.56 Å². The maximum Gasteiger partial charge on any atom is 0.252 e. The second-order valence-electron chi connectivity index (χ2n) is 8.23.